The Morgan fingerprint density at radius 3 is 2.88 bits per heavy atom. The summed E-state index contributed by atoms with van der Waals surface area (Å²) in [5.74, 6) is 0. The van der Waals surface area contributed by atoms with Gasteiger partial charge >= 0.3 is 0 Å². The third kappa shape index (κ3) is 4.13. The number of nitrogens with one attached hydrogen (secondary N) is 1. The lowest BCUT2D eigenvalue weighted by Gasteiger charge is -2.36. The summed E-state index contributed by atoms with van der Waals surface area (Å²) < 4.78 is 4.88. The molecule has 1 unspecified atom stereocenters. The first-order chi connectivity index (χ1) is 7.95. The van der Waals surface area contributed by atoms with Crippen molar-refractivity contribution < 1.29 is 24.9 Å². The molecule has 94 valence electrons. The molecule has 8 heteroatoms. The Balaban J connectivity index is 2.76. The van der Waals surface area contributed by atoms with Crippen LogP contribution >= 0.6 is 22.6 Å². The number of halogens is 1. The highest BCUT2D eigenvalue weighted by molar-refractivity contribution is 14.1. The molecule has 0 aromatic rings. The zero-order valence-corrected chi connectivity index (χ0v) is 11.1. The van der Waals surface area contributed by atoms with Crippen molar-refractivity contribution in [1.29, 1.82) is 0 Å². The molecule has 0 aromatic heterocycles. The van der Waals surface area contributed by atoms with Gasteiger partial charge in [-0.15, -0.1) is 0 Å². The molecule has 0 fully saturated rings. The van der Waals surface area contributed by atoms with Gasteiger partial charge in [-0.25, -0.2) is 0 Å². The number of ether oxygens (including phenoxy) is 1. The first-order valence-electron chi connectivity index (χ1n) is 5.01. The predicted octanol–water partition coefficient (Wildman–Crippen LogP) is -0.988. The summed E-state index contributed by atoms with van der Waals surface area (Å²) in [4.78, 5) is 11.0. The molecule has 0 bridgehead atoms. The van der Waals surface area contributed by atoms with E-state index in [1.165, 1.54) is 0 Å². The molecule has 6 nitrogen and oxygen atoms in total. The highest BCUT2D eigenvalue weighted by Gasteiger charge is 2.36. The smallest absolute Gasteiger partial charge is 0.280 e. The molecule has 1 heterocycles. The average molecular weight is 353 g/mol. The Hall–Kier alpha value is -0.315. The fourth-order valence-electron chi connectivity index (χ4n) is 1.59. The highest BCUT2D eigenvalue weighted by atomic mass is 127. The van der Waals surface area contributed by atoms with E-state index in [0.29, 0.717) is 6.42 Å². The van der Waals surface area contributed by atoms with Crippen LogP contribution in [-0.2, 0) is 4.74 Å². The van der Waals surface area contributed by atoms with Crippen molar-refractivity contribution in [3.8, 4) is 0 Å². The van der Waals surface area contributed by atoms with Crippen LogP contribution in [0.2, 0.25) is 0 Å². The van der Waals surface area contributed by atoms with E-state index >= 15 is 0 Å². The molecule has 1 amide bonds. The van der Waals surface area contributed by atoms with Gasteiger partial charge in [0, 0.05) is 28.2 Å². The van der Waals surface area contributed by atoms with Crippen molar-refractivity contribution in [3.05, 3.63) is 11.7 Å². The molecule has 2 radical (unpaired) electrons. The summed E-state index contributed by atoms with van der Waals surface area (Å²) in [7, 11) is 5.47. The highest BCUT2D eigenvalue weighted by Crippen LogP contribution is 2.20. The zero-order chi connectivity index (χ0) is 13.0. The first-order valence-corrected chi connectivity index (χ1v) is 6.09. The molecule has 4 N–H and O–H groups in total. The molecule has 17 heavy (non-hydrogen) atoms. The lowest BCUT2D eigenvalue weighted by Crippen LogP contribution is -2.54. The number of carbonyl (C=O) groups excluding carboxylic acids is 1. The van der Waals surface area contributed by atoms with Crippen molar-refractivity contribution in [2.45, 2.75) is 30.8 Å². The molecule has 1 aliphatic heterocycles. The van der Waals surface area contributed by atoms with E-state index in [1.807, 2.05) is 0 Å². The molecular weight excluding hydrogens is 340 g/mol. The van der Waals surface area contributed by atoms with Crippen LogP contribution in [0.15, 0.2) is 11.7 Å². The van der Waals surface area contributed by atoms with Crippen LogP contribution in [0.1, 0.15) is 6.42 Å². The second kappa shape index (κ2) is 6.57. The van der Waals surface area contributed by atoms with Crippen molar-refractivity contribution >= 4 is 34.4 Å². The molecule has 0 aromatic carbocycles. The fourth-order valence-corrected chi connectivity index (χ4v) is 1.99. The summed E-state index contributed by atoms with van der Waals surface area (Å²) in [5, 5.41) is 30.5. The van der Waals surface area contributed by atoms with Gasteiger partial charge in [-0.2, -0.15) is 0 Å². The molecule has 1 rings (SSSR count). The average Bonchev–Trinajstić information content (AvgIpc) is 2.29. The number of rotatable bonds is 4. The Morgan fingerprint density at radius 2 is 2.35 bits per heavy atom. The van der Waals surface area contributed by atoms with Gasteiger partial charge in [0.2, 0.25) is 0 Å². The Bertz CT molecular complexity index is 314. The van der Waals surface area contributed by atoms with Gasteiger partial charge in [-0.1, -0.05) is 6.08 Å². The zero-order valence-electron chi connectivity index (χ0n) is 8.91. The van der Waals surface area contributed by atoms with Gasteiger partial charge in [0.15, 0.2) is 7.85 Å². The third-order valence-electron chi connectivity index (χ3n) is 2.46. The van der Waals surface area contributed by atoms with Gasteiger partial charge < -0.3 is 25.4 Å². The number of aliphatic hydroxyl groups excluding tert-OH is 3. The van der Waals surface area contributed by atoms with Crippen LogP contribution in [0.3, 0.4) is 0 Å². The Morgan fingerprint density at radius 1 is 1.71 bits per heavy atom. The molecule has 0 saturated carbocycles. The standard InChI is InChI=1S/C9H13BINO5/c10-6-2-1-4(12-9(11)16)8(17-6)7(15)5(14)3-13/h2,4-5,7-8,13-15H,1,3H2,(H,12,16)/t4-,5+,7+,8?/m1/s1. The maximum absolute atomic E-state index is 11.0. The van der Waals surface area contributed by atoms with E-state index in [-0.39, 0.29) is 9.57 Å². The summed E-state index contributed by atoms with van der Waals surface area (Å²) in [6.45, 7) is -0.602. The van der Waals surface area contributed by atoms with Gasteiger partial charge in [0.25, 0.3) is 3.91 Å². The van der Waals surface area contributed by atoms with Crippen LogP contribution < -0.4 is 5.32 Å². The minimum absolute atomic E-state index is 0.123. The van der Waals surface area contributed by atoms with E-state index in [2.05, 4.69) is 5.32 Å². The van der Waals surface area contributed by atoms with Gasteiger partial charge in [-0.3, -0.25) is 4.79 Å². The van der Waals surface area contributed by atoms with Crippen LogP contribution in [0.5, 0.6) is 0 Å². The van der Waals surface area contributed by atoms with Gasteiger partial charge in [-0.05, 0) is 6.42 Å². The van der Waals surface area contributed by atoms with E-state index in [1.54, 1.807) is 28.7 Å². The second-order valence-electron chi connectivity index (χ2n) is 3.69. The molecule has 1 aliphatic rings. The molecule has 0 aliphatic carbocycles. The number of carbonyl (C=O) groups is 1. The quantitative estimate of drug-likeness (QED) is 0.225. The van der Waals surface area contributed by atoms with Crippen molar-refractivity contribution in [2.75, 3.05) is 6.61 Å². The van der Waals surface area contributed by atoms with Gasteiger partial charge in [0.05, 0.1) is 12.6 Å². The van der Waals surface area contributed by atoms with Crippen molar-refractivity contribution in [3.63, 3.8) is 0 Å². The monoisotopic (exact) mass is 353 g/mol. The molecule has 0 saturated heterocycles. The Kier molecular flexibility index (Phi) is 5.70. The summed E-state index contributed by atoms with van der Waals surface area (Å²) >= 11 is 1.56. The maximum Gasteiger partial charge on any atom is 0.280 e. The number of aliphatic hydroxyl groups is 3. The minimum atomic E-state index is -1.35. The van der Waals surface area contributed by atoms with Crippen LogP contribution in [-0.4, -0.2) is 58.0 Å². The second-order valence-corrected chi connectivity index (χ2v) is 4.67. The molecule has 4 atom stereocenters. The van der Waals surface area contributed by atoms with E-state index in [4.69, 9.17) is 17.7 Å². The van der Waals surface area contributed by atoms with Gasteiger partial charge in [0.1, 0.15) is 18.3 Å². The Labute approximate surface area is 114 Å². The topological polar surface area (TPSA) is 99.0 Å². The third-order valence-corrected chi connectivity index (χ3v) is 2.77. The van der Waals surface area contributed by atoms with Crippen LogP contribution in [0.4, 0.5) is 4.79 Å². The molecular formula is C9H13BINO5. The normalized spacial score (nSPS) is 27.6. The number of amides is 1. The predicted molar refractivity (Wildman–Crippen MR) is 68.8 cm³/mol. The van der Waals surface area contributed by atoms with Crippen LogP contribution in [0.25, 0.3) is 0 Å². The van der Waals surface area contributed by atoms with E-state index in [9.17, 15) is 15.0 Å². The first kappa shape index (κ1) is 14.7. The van der Waals surface area contributed by atoms with E-state index < -0.39 is 31.0 Å². The lowest BCUT2D eigenvalue weighted by molar-refractivity contribution is -0.0951. The van der Waals surface area contributed by atoms with Crippen LogP contribution in [0, 0.1) is 0 Å². The summed E-state index contributed by atoms with van der Waals surface area (Å²) in [6.07, 6.45) is -1.60. The fraction of sp³-hybridized carbons (Fsp3) is 0.667. The summed E-state index contributed by atoms with van der Waals surface area (Å²) in [6, 6.07) is -0.497. The lowest BCUT2D eigenvalue weighted by atomic mass is 9.92. The molecule has 0 spiro atoms. The van der Waals surface area contributed by atoms with Crippen molar-refractivity contribution in [2.24, 2.45) is 0 Å². The van der Waals surface area contributed by atoms with E-state index in [0.717, 1.165) is 0 Å². The number of hydrogen-bond donors (Lipinski definition) is 4. The minimum Gasteiger partial charge on any atom is -0.502 e. The number of hydrogen-bond acceptors (Lipinski definition) is 5. The SMILES string of the molecule is [B]C1=CC[C@@H](NC(=O)I)C([C@@H](O)[C@@H](O)CO)O1. The van der Waals surface area contributed by atoms with Crippen molar-refractivity contribution in [1.82, 2.24) is 5.32 Å². The summed E-state index contributed by atoms with van der Waals surface area (Å²) in [5.41, 5.74) is 0.123. The maximum atomic E-state index is 11.0. The largest absolute Gasteiger partial charge is 0.502 e.